The molecule has 0 atom stereocenters. The van der Waals surface area contributed by atoms with Crippen LogP contribution in [-0.2, 0) is 6.54 Å². The largest absolute Gasteiger partial charge is 0.478 e. The van der Waals surface area contributed by atoms with E-state index in [-0.39, 0.29) is 0 Å². The number of carboxylic acids is 1. The van der Waals surface area contributed by atoms with Crippen LogP contribution < -0.4 is 0 Å². The second-order valence-electron chi connectivity index (χ2n) is 4.47. The van der Waals surface area contributed by atoms with E-state index in [9.17, 15) is 9.90 Å². The molecule has 1 aromatic carbocycles. The average Bonchev–Trinajstić information content (AvgIpc) is 2.51. The molecule has 0 saturated carbocycles. The molecule has 0 fully saturated rings. The minimum atomic E-state index is -0.856. The first-order chi connectivity index (χ1) is 7.97. The van der Waals surface area contributed by atoms with E-state index in [0.29, 0.717) is 5.56 Å². The van der Waals surface area contributed by atoms with Gasteiger partial charge in [0.2, 0.25) is 0 Å². The lowest BCUT2D eigenvalue weighted by atomic mass is 10.0. The molecule has 1 N–H and O–H groups in total. The van der Waals surface area contributed by atoms with Crippen LogP contribution in [0.25, 0.3) is 10.9 Å². The second kappa shape index (κ2) is 3.91. The van der Waals surface area contributed by atoms with Gasteiger partial charge in [-0.25, -0.2) is 4.79 Å². The molecule has 1 heterocycles. The topological polar surface area (TPSA) is 42.2 Å². The number of fused-ring (bicyclic) bond motifs is 1. The Kier molecular flexibility index (Phi) is 2.69. The van der Waals surface area contributed by atoms with Crippen molar-refractivity contribution < 1.29 is 9.90 Å². The van der Waals surface area contributed by atoms with Crippen LogP contribution in [0.1, 0.15) is 34.1 Å². The van der Waals surface area contributed by atoms with Gasteiger partial charge >= 0.3 is 5.97 Å². The molecule has 17 heavy (non-hydrogen) atoms. The number of aromatic carboxylic acids is 1. The number of rotatable bonds is 2. The molecule has 0 amide bonds. The van der Waals surface area contributed by atoms with Crippen LogP contribution in [-0.4, -0.2) is 15.6 Å². The van der Waals surface area contributed by atoms with Gasteiger partial charge in [0.1, 0.15) is 0 Å². The van der Waals surface area contributed by atoms with Gasteiger partial charge in [0.05, 0.1) is 11.1 Å². The summed E-state index contributed by atoms with van der Waals surface area (Å²) in [6, 6.07) is 3.81. The van der Waals surface area contributed by atoms with Crippen molar-refractivity contribution in [3.63, 3.8) is 0 Å². The molecular formula is C14H17NO2. The Balaban J connectivity index is 3.00. The maximum absolute atomic E-state index is 11.3. The summed E-state index contributed by atoms with van der Waals surface area (Å²) in [7, 11) is 0. The fourth-order valence-corrected chi connectivity index (χ4v) is 2.48. The van der Waals surface area contributed by atoms with Gasteiger partial charge in [0, 0.05) is 17.6 Å². The minimum Gasteiger partial charge on any atom is -0.478 e. The molecule has 0 unspecified atom stereocenters. The number of aromatic nitrogens is 1. The van der Waals surface area contributed by atoms with Gasteiger partial charge < -0.3 is 9.67 Å². The van der Waals surface area contributed by atoms with Crippen molar-refractivity contribution >= 4 is 16.9 Å². The molecule has 3 nitrogen and oxygen atoms in total. The van der Waals surface area contributed by atoms with Crippen molar-refractivity contribution in [3.8, 4) is 0 Å². The quantitative estimate of drug-likeness (QED) is 0.861. The normalized spacial score (nSPS) is 11.1. The highest BCUT2D eigenvalue weighted by Gasteiger charge is 2.17. The standard InChI is InChI=1S/C14H17NO2/c1-5-15-10(4)9(3)11-6-8(2)7-12(13(11)15)14(16)17/h6-7H,5H2,1-4H3,(H,16,17). The SMILES string of the molecule is CCn1c(C)c(C)c2cc(C)cc(C(=O)O)c21. The van der Waals surface area contributed by atoms with Crippen molar-refractivity contribution in [1.29, 1.82) is 0 Å². The van der Waals surface area contributed by atoms with Gasteiger partial charge in [0.25, 0.3) is 0 Å². The zero-order chi connectivity index (χ0) is 12.7. The van der Waals surface area contributed by atoms with Crippen molar-refractivity contribution in [2.24, 2.45) is 0 Å². The number of aryl methyl sites for hydroxylation is 3. The molecular weight excluding hydrogens is 214 g/mol. The van der Waals surface area contributed by atoms with E-state index < -0.39 is 5.97 Å². The van der Waals surface area contributed by atoms with Crippen LogP contribution in [0.15, 0.2) is 12.1 Å². The van der Waals surface area contributed by atoms with Gasteiger partial charge in [-0.05, 0) is 51.0 Å². The Bertz CT molecular complexity index is 608. The van der Waals surface area contributed by atoms with E-state index in [1.54, 1.807) is 6.07 Å². The summed E-state index contributed by atoms with van der Waals surface area (Å²) in [4.78, 5) is 11.3. The van der Waals surface area contributed by atoms with Gasteiger partial charge in [-0.3, -0.25) is 0 Å². The summed E-state index contributed by atoms with van der Waals surface area (Å²) < 4.78 is 2.08. The fourth-order valence-electron chi connectivity index (χ4n) is 2.48. The van der Waals surface area contributed by atoms with Crippen LogP contribution in [0.4, 0.5) is 0 Å². The highest BCUT2D eigenvalue weighted by Crippen LogP contribution is 2.29. The van der Waals surface area contributed by atoms with Crippen molar-refractivity contribution in [2.75, 3.05) is 0 Å². The number of carbonyl (C=O) groups is 1. The van der Waals surface area contributed by atoms with Crippen LogP contribution in [0.5, 0.6) is 0 Å². The Morgan fingerprint density at radius 3 is 2.47 bits per heavy atom. The lowest BCUT2D eigenvalue weighted by molar-refractivity contribution is 0.0698. The van der Waals surface area contributed by atoms with Gasteiger partial charge in [-0.15, -0.1) is 0 Å². The molecule has 0 saturated heterocycles. The van der Waals surface area contributed by atoms with Gasteiger partial charge in [0.15, 0.2) is 0 Å². The van der Waals surface area contributed by atoms with Crippen molar-refractivity contribution in [2.45, 2.75) is 34.2 Å². The van der Waals surface area contributed by atoms with E-state index >= 15 is 0 Å². The van der Waals surface area contributed by atoms with Crippen molar-refractivity contribution in [1.82, 2.24) is 4.57 Å². The zero-order valence-corrected chi connectivity index (χ0v) is 10.7. The lowest BCUT2D eigenvalue weighted by Gasteiger charge is -2.07. The van der Waals surface area contributed by atoms with Crippen LogP contribution in [0.2, 0.25) is 0 Å². The Hall–Kier alpha value is -1.77. The van der Waals surface area contributed by atoms with Crippen LogP contribution >= 0.6 is 0 Å². The van der Waals surface area contributed by atoms with E-state index in [0.717, 1.165) is 28.7 Å². The van der Waals surface area contributed by atoms with Gasteiger partial charge in [-0.1, -0.05) is 0 Å². The van der Waals surface area contributed by atoms with Crippen LogP contribution in [0.3, 0.4) is 0 Å². The Labute approximate surface area is 101 Å². The molecule has 2 rings (SSSR count). The number of benzene rings is 1. The number of nitrogens with zero attached hydrogens (tertiary/aromatic N) is 1. The molecule has 0 aliphatic rings. The zero-order valence-electron chi connectivity index (χ0n) is 10.7. The molecule has 2 aromatic rings. The second-order valence-corrected chi connectivity index (χ2v) is 4.47. The molecule has 0 aliphatic carbocycles. The summed E-state index contributed by atoms with van der Waals surface area (Å²) in [6.45, 7) is 8.86. The van der Waals surface area contributed by atoms with E-state index in [2.05, 4.69) is 17.6 Å². The highest BCUT2D eigenvalue weighted by atomic mass is 16.4. The number of hydrogen-bond acceptors (Lipinski definition) is 1. The molecule has 0 aliphatic heterocycles. The minimum absolute atomic E-state index is 0.401. The predicted molar refractivity (Wildman–Crippen MR) is 68.8 cm³/mol. The molecule has 3 heteroatoms. The Morgan fingerprint density at radius 2 is 1.94 bits per heavy atom. The van der Waals surface area contributed by atoms with E-state index in [1.165, 1.54) is 5.56 Å². The summed E-state index contributed by atoms with van der Waals surface area (Å²) in [5.74, 6) is -0.856. The average molecular weight is 231 g/mol. The first kappa shape index (κ1) is 11.7. The van der Waals surface area contributed by atoms with Crippen molar-refractivity contribution in [3.05, 3.63) is 34.5 Å². The summed E-state index contributed by atoms with van der Waals surface area (Å²) in [5, 5.41) is 10.4. The molecule has 1 aromatic heterocycles. The van der Waals surface area contributed by atoms with Gasteiger partial charge in [-0.2, -0.15) is 0 Å². The maximum atomic E-state index is 11.3. The third-order valence-electron chi connectivity index (χ3n) is 3.42. The predicted octanol–water partition coefficient (Wildman–Crippen LogP) is 3.28. The first-order valence-electron chi connectivity index (χ1n) is 5.80. The summed E-state index contributed by atoms with van der Waals surface area (Å²) in [5.41, 5.74) is 4.56. The molecule has 0 spiro atoms. The number of hydrogen-bond donors (Lipinski definition) is 1. The molecule has 0 radical (unpaired) electrons. The molecule has 90 valence electrons. The molecule has 0 bridgehead atoms. The monoisotopic (exact) mass is 231 g/mol. The third-order valence-corrected chi connectivity index (χ3v) is 3.42. The summed E-state index contributed by atoms with van der Waals surface area (Å²) >= 11 is 0. The van der Waals surface area contributed by atoms with E-state index in [4.69, 9.17) is 0 Å². The lowest BCUT2D eigenvalue weighted by Crippen LogP contribution is -2.04. The summed E-state index contributed by atoms with van der Waals surface area (Å²) in [6.07, 6.45) is 0. The van der Waals surface area contributed by atoms with Crippen LogP contribution in [0, 0.1) is 20.8 Å². The smallest absolute Gasteiger partial charge is 0.337 e. The highest BCUT2D eigenvalue weighted by molar-refractivity contribution is 6.04. The maximum Gasteiger partial charge on any atom is 0.337 e. The number of carboxylic acid groups (broad SMARTS) is 1. The fraction of sp³-hybridized carbons (Fsp3) is 0.357. The first-order valence-corrected chi connectivity index (χ1v) is 5.80. The van der Waals surface area contributed by atoms with E-state index in [1.807, 2.05) is 20.8 Å². The Morgan fingerprint density at radius 1 is 1.29 bits per heavy atom. The third kappa shape index (κ3) is 1.62.